The smallest absolute Gasteiger partial charge is 0.149 e. The molecule has 0 saturated carbocycles. The van der Waals surface area contributed by atoms with E-state index in [2.05, 4.69) is 21.2 Å². The molecule has 0 heterocycles. The summed E-state index contributed by atoms with van der Waals surface area (Å²) in [6, 6.07) is 2.30. The highest BCUT2D eigenvalue weighted by Crippen LogP contribution is 2.31. The fourth-order valence-electron chi connectivity index (χ4n) is 1.62. The van der Waals surface area contributed by atoms with Gasteiger partial charge in [0.2, 0.25) is 0 Å². The zero-order valence-electron chi connectivity index (χ0n) is 10.3. The van der Waals surface area contributed by atoms with Crippen LogP contribution in [-0.2, 0) is 9.84 Å². The van der Waals surface area contributed by atoms with Gasteiger partial charge < -0.3 is 10.1 Å². The molecule has 1 rings (SSSR count). The summed E-state index contributed by atoms with van der Waals surface area (Å²) in [6.45, 7) is 0. The van der Waals surface area contributed by atoms with Gasteiger partial charge in [0.05, 0.1) is 17.3 Å². The van der Waals surface area contributed by atoms with Crippen LogP contribution in [-0.4, -0.2) is 34.6 Å². The van der Waals surface area contributed by atoms with E-state index in [0.29, 0.717) is 11.3 Å². The van der Waals surface area contributed by atoms with Crippen LogP contribution < -0.4 is 10.1 Å². The molecule has 7 heteroatoms. The van der Waals surface area contributed by atoms with Crippen molar-refractivity contribution in [2.24, 2.45) is 0 Å². The molecule has 1 aromatic carbocycles. The molecule has 0 radical (unpaired) electrons. The Morgan fingerprint density at radius 3 is 2.56 bits per heavy atom. The zero-order valence-corrected chi connectivity index (χ0v) is 12.7. The Kier molecular flexibility index (Phi) is 5.12. The fraction of sp³-hybridized carbons (Fsp3) is 0.455. The Bertz CT molecular complexity index is 533. The first-order chi connectivity index (χ1) is 8.28. The first-order valence-electron chi connectivity index (χ1n) is 5.16. The molecule has 0 aliphatic heterocycles. The van der Waals surface area contributed by atoms with Crippen LogP contribution in [0.4, 0.5) is 4.39 Å². The molecular formula is C11H15BrFNO3S. The molecule has 102 valence electrons. The maximum Gasteiger partial charge on any atom is 0.149 e. The summed E-state index contributed by atoms with van der Waals surface area (Å²) < 4.78 is 41.5. The maximum atomic E-state index is 13.4. The highest BCUT2D eigenvalue weighted by Gasteiger charge is 2.21. The number of hydrogen-bond donors (Lipinski definition) is 1. The molecule has 0 amide bonds. The number of hydrogen-bond acceptors (Lipinski definition) is 4. The van der Waals surface area contributed by atoms with Crippen LogP contribution in [0.3, 0.4) is 0 Å². The van der Waals surface area contributed by atoms with Crippen LogP contribution in [0.15, 0.2) is 16.6 Å². The van der Waals surface area contributed by atoms with Crippen LogP contribution in [0, 0.1) is 5.82 Å². The van der Waals surface area contributed by atoms with E-state index in [1.54, 1.807) is 7.05 Å². The third kappa shape index (κ3) is 3.93. The number of ether oxygens (including phenoxy) is 1. The van der Waals surface area contributed by atoms with Crippen molar-refractivity contribution in [3.63, 3.8) is 0 Å². The summed E-state index contributed by atoms with van der Waals surface area (Å²) in [6.07, 6.45) is 1.16. The van der Waals surface area contributed by atoms with Gasteiger partial charge in [-0.1, -0.05) is 0 Å². The highest BCUT2D eigenvalue weighted by atomic mass is 79.9. The Morgan fingerprint density at radius 2 is 2.11 bits per heavy atom. The van der Waals surface area contributed by atoms with Gasteiger partial charge in [0.1, 0.15) is 21.4 Å². The van der Waals surface area contributed by atoms with Crippen LogP contribution in [0.2, 0.25) is 0 Å². The van der Waals surface area contributed by atoms with E-state index in [-0.39, 0.29) is 10.2 Å². The number of nitrogens with one attached hydrogen (secondary N) is 1. The van der Waals surface area contributed by atoms with E-state index < -0.39 is 21.7 Å². The van der Waals surface area contributed by atoms with Gasteiger partial charge in [0.15, 0.2) is 0 Å². The van der Waals surface area contributed by atoms with Crippen molar-refractivity contribution in [1.82, 2.24) is 5.32 Å². The predicted octanol–water partition coefficient (Wildman–Crippen LogP) is 1.90. The van der Waals surface area contributed by atoms with Crippen LogP contribution in [0.25, 0.3) is 0 Å². The molecule has 0 fully saturated rings. The van der Waals surface area contributed by atoms with E-state index in [0.717, 1.165) is 6.26 Å². The normalized spacial score (nSPS) is 13.4. The van der Waals surface area contributed by atoms with Crippen molar-refractivity contribution in [3.05, 3.63) is 28.0 Å². The molecular weight excluding hydrogens is 325 g/mol. The van der Waals surface area contributed by atoms with Gasteiger partial charge in [0, 0.05) is 23.9 Å². The maximum absolute atomic E-state index is 13.4. The lowest BCUT2D eigenvalue weighted by Gasteiger charge is -2.19. The van der Waals surface area contributed by atoms with Gasteiger partial charge in [-0.05, 0) is 29.0 Å². The topological polar surface area (TPSA) is 55.4 Å². The van der Waals surface area contributed by atoms with Crippen LogP contribution in [0.5, 0.6) is 5.75 Å². The average Bonchev–Trinajstić information content (AvgIpc) is 2.28. The van der Waals surface area contributed by atoms with Crippen molar-refractivity contribution in [1.29, 1.82) is 0 Å². The predicted molar refractivity (Wildman–Crippen MR) is 72.2 cm³/mol. The lowest BCUT2D eigenvalue weighted by atomic mass is 10.1. The van der Waals surface area contributed by atoms with E-state index >= 15 is 0 Å². The van der Waals surface area contributed by atoms with E-state index in [1.807, 2.05) is 0 Å². The van der Waals surface area contributed by atoms with E-state index in [1.165, 1.54) is 19.2 Å². The molecule has 0 bridgehead atoms. The molecule has 0 spiro atoms. The van der Waals surface area contributed by atoms with Crippen LogP contribution in [0.1, 0.15) is 11.6 Å². The number of benzene rings is 1. The minimum absolute atomic E-state index is 0.0854. The Hall–Kier alpha value is -0.660. The second-order valence-electron chi connectivity index (χ2n) is 3.94. The van der Waals surface area contributed by atoms with Crippen molar-refractivity contribution >= 4 is 25.8 Å². The average molecular weight is 340 g/mol. The van der Waals surface area contributed by atoms with E-state index in [4.69, 9.17) is 4.74 Å². The van der Waals surface area contributed by atoms with Gasteiger partial charge in [-0.25, -0.2) is 12.8 Å². The lowest BCUT2D eigenvalue weighted by molar-refractivity contribution is 0.400. The standard InChI is InChI=1S/C11H15BrFNO3S/c1-14-10(6-18(3,15)16)7-4-8(12)9(13)5-11(7)17-2/h4-5,10,14H,6H2,1-3H3. The Balaban J connectivity index is 3.24. The lowest BCUT2D eigenvalue weighted by Crippen LogP contribution is -2.25. The molecule has 18 heavy (non-hydrogen) atoms. The van der Waals surface area contributed by atoms with Crippen molar-refractivity contribution in [2.75, 3.05) is 26.2 Å². The largest absolute Gasteiger partial charge is 0.496 e. The monoisotopic (exact) mass is 339 g/mol. The zero-order chi connectivity index (χ0) is 13.9. The van der Waals surface area contributed by atoms with Gasteiger partial charge >= 0.3 is 0 Å². The number of methoxy groups -OCH3 is 1. The molecule has 1 aromatic rings. The number of rotatable bonds is 5. The van der Waals surface area contributed by atoms with Crippen molar-refractivity contribution < 1.29 is 17.5 Å². The molecule has 1 N–H and O–H groups in total. The highest BCUT2D eigenvalue weighted by molar-refractivity contribution is 9.10. The Labute approximate surface area is 115 Å². The van der Waals surface area contributed by atoms with Crippen LogP contribution >= 0.6 is 15.9 Å². The Morgan fingerprint density at radius 1 is 1.50 bits per heavy atom. The first-order valence-corrected chi connectivity index (χ1v) is 8.01. The summed E-state index contributed by atoms with van der Waals surface area (Å²) in [7, 11) is -0.0973. The molecule has 1 atom stereocenters. The molecule has 4 nitrogen and oxygen atoms in total. The number of halogens is 2. The quantitative estimate of drug-likeness (QED) is 0.890. The molecule has 0 saturated heterocycles. The molecule has 0 aliphatic rings. The molecule has 0 aliphatic carbocycles. The minimum Gasteiger partial charge on any atom is -0.496 e. The fourth-order valence-corrected chi connectivity index (χ4v) is 2.94. The third-order valence-electron chi connectivity index (χ3n) is 2.47. The SMILES string of the molecule is CNC(CS(C)(=O)=O)c1cc(Br)c(F)cc1OC. The minimum atomic E-state index is -3.16. The molecule has 1 unspecified atom stereocenters. The summed E-state index contributed by atoms with van der Waals surface area (Å²) in [4.78, 5) is 0. The van der Waals surface area contributed by atoms with Gasteiger partial charge in [-0.2, -0.15) is 0 Å². The van der Waals surface area contributed by atoms with Gasteiger partial charge in [-0.3, -0.25) is 0 Å². The van der Waals surface area contributed by atoms with Gasteiger partial charge in [-0.15, -0.1) is 0 Å². The second-order valence-corrected chi connectivity index (χ2v) is 6.98. The van der Waals surface area contributed by atoms with Crippen molar-refractivity contribution in [3.8, 4) is 5.75 Å². The second kappa shape index (κ2) is 5.99. The third-order valence-corrected chi connectivity index (χ3v) is 4.01. The summed E-state index contributed by atoms with van der Waals surface area (Å²) in [5.41, 5.74) is 0.596. The summed E-state index contributed by atoms with van der Waals surface area (Å²) >= 11 is 3.08. The summed E-state index contributed by atoms with van der Waals surface area (Å²) in [5.74, 6) is -0.221. The number of sulfone groups is 1. The van der Waals surface area contributed by atoms with Crippen molar-refractivity contribution in [2.45, 2.75) is 6.04 Å². The van der Waals surface area contributed by atoms with E-state index in [9.17, 15) is 12.8 Å². The van der Waals surface area contributed by atoms with Gasteiger partial charge in [0.25, 0.3) is 0 Å². The first kappa shape index (κ1) is 15.4. The molecule has 0 aromatic heterocycles. The summed E-state index contributed by atoms with van der Waals surface area (Å²) in [5, 5.41) is 2.89.